The van der Waals surface area contributed by atoms with E-state index in [9.17, 15) is 4.39 Å². The second-order valence-corrected chi connectivity index (χ2v) is 5.00. The Morgan fingerprint density at radius 2 is 2.19 bits per heavy atom. The molecule has 0 saturated heterocycles. The Morgan fingerprint density at radius 1 is 1.48 bits per heavy atom. The summed E-state index contributed by atoms with van der Waals surface area (Å²) in [5.74, 6) is 3.69. The molecule has 5 heteroatoms. The van der Waals surface area contributed by atoms with Crippen LogP contribution in [0.5, 0.6) is 5.75 Å². The molecule has 0 spiro atoms. The molecule has 2 aromatic rings. The molecular formula is C16H18FN3O. The lowest BCUT2D eigenvalue weighted by Gasteiger charge is -2.08. The zero-order chi connectivity index (χ0) is 15.6. The van der Waals surface area contributed by atoms with Crippen LogP contribution in [-0.2, 0) is 6.54 Å². The van der Waals surface area contributed by atoms with E-state index in [-0.39, 0.29) is 11.7 Å². The number of benzene rings is 1. The van der Waals surface area contributed by atoms with E-state index in [2.05, 4.69) is 10.9 Å². The Morgan fingerprint density at radius 3 is 2.71 bits per heavy atom. The van der Waals surface area contributed by atoms with Crippen molar-refractivity contribution in [1.82, 2.24) is 9.55 Å². The number of hydrogen-bond donors (Lipinski definition) is 1. The fourth-order valence-corrected chi connectivity index (χ4v) is 2.21. The largest absolute Gasteiger partial charge is 0.494 e. The number of rotatable bonds is 4. The highest BCUT2D eigenvalue weighted by Crippen LogP contribution is 2.31. The van der Waals surface area contributed by atoms with Gasteiger partial charge in [-0.3, -0.25) is 0 Å². The van der Waals surface area contributed by atoms with Crippen molar-refractivity contribution >= 4 is 5.82 Å². The number of ether oxygens (including phenoxy) is 1. The second kappa shape index (κ2) is 5.88. The van der Waals surface area contributed by atoms with Crippen molar-refractivity contribution in [3.63, 3.8) is 0 Å². The predicted octanol–water partition coefficient (Wildman–Crippen LogP) is 3.04. The second-order valence-electron chi connectivity index (χ2n) is 5.00. The summed E-state index contributed by atoms with van der Waals surface area (Å²) in [6.07, 6.45) is 5.38. The number of imidazole rings is 1. The van der Waals surface area contributed by atoms with Crippen molar-refractivity contribution in [3.05, 3.63) is 29.8 Å². The van der Waals surface area contributed by atoms with E-state index in [1.54, 1.807) is 16.7 Å². The van der Waals surface area contributed by atoms with Crippen LogP contribution in [0.25, 0.3) is 11.3 Å². The van der Waals surface area contributed by atoms with E-state index in [0.717, 1.165) is 5.82 Å². The number of aromatic nitrogens is 2. The lowest BCUT2D eigenvalue weighted by Crippen LogP contribution is -2.07. The topological polar surface area (TPSA) is 53.1 Å². The van der Waals surface area contributed by atoms with Crippen molar-refractivity contribution < 1.29 is 9.13 Å². The highest BCUT2D eigenvalue weighted by molar-refractivity contribution is 5.72. The van der Waals surface area contributed by atoms with Gasteiger partial charge in [0.2, 0.25) is 0 Å². The molecular weight excluding hydrogens is 269 g/mol. The minimum atomic E-state index is -0.452. The quantitative estimate of drug-likeness (QED) is 0.879. The summed E-state index contributed by atoms with van der Waals surface area (Å²) in [4.78, 5) is 4.53. The standard InChI is InChI=1S/C16H18FN3O/c1-5-8-20-15(18)14(19-16(20)10(2)3)11-6-7-13(21-4)12(17)9-11/h1,6-7,9-10H,8,18H2,2-4H3. The molecule has 1 aromatic heterocycles. The molecule has 21 heavy (non-hydrogen) atoms. The summed E-state index contributed by atoms with van der Waals surface area (Å²) in [5.41, 5.74) is 7.27. The van der Waals surface area contributed by atoms with Crippen LogP contribution in [0.2, 0.25) is 0 Å². The van der Waals surface area contributed by atoms with Gasteiger partial charge in [-0.25, -0.2) is 9.37 Å². The molecule has 0 saturated carbocycles. The van der Waals surface area contributed by atoms with Gasteiger partial charge in [-0.05, 0) is 18.2 Å². The minimum absolute atomic E-state index is 0.164. The van der Waals surface area contributed by atoms with Gasteiger partial charge in [0.15, 0.2) is 11.6 Å². The summed E-state index contributed by atoms with van der Waals surface area (Å²) in [7, 11) is 1.42. The van der Waals surface area contributed by atoms with Gasteiger partial charge in [0.25, 0.3) is 0 Å². The summed E-state index contributed by atoms with van der Waals surface area (Å²) in [5, 5.41) is 0. The maximum atomic E-state index is 13.8. The third-order valence-corrected chi connectivity index (χ3v) is 3.23. The first-order chi connectivity index (χ1) is 9.99. The number of hydrogen-bond acceptors (Lipinski definition) is 3. The highest BCUT2D eigenvalue weighted by atomic mass is 19.1. The molecule has 0 aliphatic rings. The Labute approximate surface area is 123 Å². The number of terminal acetylenes is 1. The van der Waals surface area contributed by atoms with Crippen LogP contribution in [0.1, 0.15) is 25.6 Å². The molecule has 0 unspecified atom stereocenters. The number of nitrogens with two attached hydrogens (primary N) is 1. The molecule has 0 bridgehead atoms. The normalized spacial score (nSPS) is 10.7. The molecule has 0 aliphatic heterocycles. The van der Waals surface area contributed by atoms with Gasteiger partial charge in [0.1, 0.15) is 17.3 Å². The first kappa shape index (κ1) is 14.9. The number of nitrogen functional groups attached to an aromatic ring is 1. The van der Waals surface area contributed by atoms with Crippen LogP contribution in [0.15, 0.2) is 18.2 Å². The highest BCUT2D eigenvalue weighted by Gasteiger charge is 2.18. The third-order valence-electron chi connectivity index (χ3n) is 3.23. The van der Waals surface area contributed by atoms with E-state index in [1.165, 1.54) is 13.2 Å². The van der Waals surface area contributed by atoms with Crippen molar-refractivity contribution in [1.29, 1.82) is 0 Å². The molecule has 0 aliphatic carbocycles. The molecule has 2 rings (SSSR count). The van der Waals surface area contributed by atoms with E-state index in [0.29, 0.717) is 23.6 Å². The molecule has 1 aromatic carbocycles. The summed E-state index contributed by atoms with van der Waals surface area (Å²) >= 11 is 0. The molecule has 1 heterocycles. The Bertz CT molecular complexity index is 698. The molecule has 0 radical (unpaired) electrons. The van der Waals surface area contributed by atoms with Gasteiger partial charge < -0.3 is 15.0 Å². The number of nitrogens with zero attached hydrogens (tertiary/aromatic N) is 2. The molecule has 0 fully saturated rings. The SMILES string of the molecule is C#CCn1c(C(C)C)nc(-c2ccc(OC)c(F)c2)c1N. The Hall–Kier alpha value is -2.48. The van der Waals surface area contributed by atoms with Crippen molar-refractivity contribution in [3.8, 4) is 29.4 Å². The number of anilines is 1. The average molecular weight is 287 g/mol. The van der Waals surface area contributed by atoms with Crippen LogP contribution >= 0.6 is 0 Å². The zero-order valence-electron chi connectivity index (χ0n) is 12.4. The van der Waals surface area contributed by atoms with Gasteiger partial charge in [-0.1, -0.05) is 19.8 Å². The first-order valence-corrected chi connectivity index (χ1v) is 6.62. The van der Waals surface area contributed by atoms with E-state index >= 15 is 0 Å². The van der Waals surface area contributed by atoms with Crippen molar-refractivity contribution in [2.24, 2.45) is 0 Å². The van der Waals surface area contributed by atoms with E-state index < -0.39 is 5.82 Å². The minimum Gasteiger partial charge on any atom is -0.494 e. The first-order valence-electron chi connectivity index (χ1n) is 6.62. The fourth-order valence-electron chi connectivity index (χ4n) is 2.21. The van der Waals surface area contributed by atoms with E-state index in [4.69, 9.17) is 16.9 Å². The van der Waals surface area contributed by atoms with Gasteiger partial charge >= 0.3 is 0 Å². The number of halogens is 1. The summed E-state index contributed by atoms with van der Waals surface area (Å²) < 4.78 is 20.5. The van der Waals surface area contributed by atoms with Crippen molar-refractivity contribution in [2.75, 3.05) is 12.8 Å². The number of methoxy groups -OCH3 is 1. The predicted molar refractivity (Wildman–Crippen MR) is 81.5 cm³/mol. The van der Waals surface area contributed by atoms with Crippen molar-refractivity contribution in [2.45, 2.75) is 26.3 Å². The molecule has 0 amide bonds. The smallest absolute Gasteiger partial charge is 0.165 e. The molecule has 2 N–H and O–H groups in total. The van der Waals surface area contributed by atoms with Gasteiger partial charge in [-0.15, -0.1) is 6.42 Å². The molecule has 0 atom stereocenters. The van der Waals surface area contributed by atoms with Gasteiger partial charge in [0.05, 0.1) is 13.7 Å². The lowest BCUT2D eigenvalue weighted by molar-refractivity contribution is 0.386. The van der Waals surface area contributed by atoms with Crippen LogP contribution in [0.3, 0.4) is 0 Å². The van der Waals surface area contributed by atoms with Crippen LogP contribution in [-0.4, -0.2) is 16.7 Å². The van der Waals surface area contributed by atoms with Crippen LogP contribution in [0, 0.1) is 18.2 Å². The summed E-state index contributed by atoms with van der Waals surface area (Å²) in [6, 6.07) is 4.64. The Kier molecular flexibility index (Phi) is 4.18. The van der Waals surface area contributed by atoms with Gasteiger partial charge in [-0.2, -0.15) is 0 Å². The Balaban J connectivity index is 2.57. The van der Waals surface area contributed by atoms with Crippen LogP contribution < -0.4 is 10.5 Å². The fraction of sp³-hybridized carbons (Fsp3) is 0.312. The maximum absolute atomic E-state index is 13.8. The summed E-state index contributed by atoms with van der Waals surface area (Å²) in [6.45, 7) is 4.35. The van der Waals surface area contributed by atoms with Gasteiger partial charge in [0, 0.05) is 11.5 Å². The lowest BCUT2D eigenvalue weighted by atomic mass is 10.1. The average Bonchev–Trinajstić information content (AvgIpc) is 2.77. The maximum Gasteiger partial charge on any atom is 0.165 e. The molecule has 110 valence electrons. The zero-order valence-corrected chi connectivity index (χ0v) is 12.4. The monoisotopic (exact) mass is 287 g/mol. The van der Waals surface area contributed by atoms with E-state index in [1.807, 2.05) is 13.8 Å². The third kappa shape index (κ3) is 2.70. The molecule has 4 nitrogen and oxygen atoms in total. The van der Waals surface area contributed by atoms with Crippen LogP contribution in [0.4, 0.5) is 10.2 Å².